The topological polar surface area (TPSA) is 86.6 Å². The third kappa shape index (κ3) is 4.74. The van der Waals surface area contributed by atoms with Crippen LogP contribution in [0.1, 0.15) is 30.6 Å². The quantitative estimate of drug-likeness (QED) is 0.753. The Morgan fingerprint density at radius 1 is 1.35 bits per heavy atom. The fourth-order valence-corrected chi connectivity index (χ4v) is 1.99. The number of phenolic OH excluding ortho intramolecular Hbond substituents is 1. The second-order valence-corrected chi connectivity index (χ2v) is 5.45. The Morgan fingerprint density at radius 2 is 2.00 bits per heavy atom. The van der Waals surface area contributed by atoms with Gasteiger partial charge in [0.05, 0.1) is 10.9 Å². The molecule has 0 radical (unpaired) electrons. The molecule has 110 valence electrons. The van der Waals surface area contributed by atoms with Gasteiger partial charge in [0, 0.05) is 12.1 Å². The fraction of sp³-hybridized carbons (Fsp3) is 0.429. The lowest BCUT2D eigenvalue weighted by Gasteiger charge is -2.15. The molecule has 0 aliphatic carbocycles. The Bertz CT molecular complexity index is 502. The molecule has 1 aromatic carbocycles. The van der Waals surface area contributed by atoms with Gasteiger partial charge < -0.3 is 15.5 Å². The predicted octanol–water partition coefficient (Wildman–Crippen LogP) is 2.52. The van der Waals surface area contributed by atoms with E-state index in [2.05, 4.69) is 5.32 Å². The summed E-state index contributed by atoms with van der Waals surface area (Å²) < 4.78 is 0. The zero-order chi connectivity index (χ0) is 15.3. The number of carboxylic acids is 1. The Morgan fingerprint density at radius 3 is 2.50 bits per heavy atom. The number of rotatable bonds is 6. The van der Waals surface area contributed by atoms with E-state index in [1.54, 1.807) is 0 Å². The van der Waals surface area contributed by atoms with Crippen molar-refractivity contribution in [3.05, 3.63) is 28.8 Å². The van der Waals surface area contributed by atoms with Crippen LogP contribution in [0.5, 0.6) is 5.75 Å². The average Bonchev–Trinajstić information content (AvgIpc) is 2.36. The molecule has 0 spiro atoms. The van der Waals surface area contributed by atoms with Gasteiger partial charge in [-0.1, -0.05) is 25.4 Å². The number of carbonyl (C=O) groups is 2. The van der Waals surface area contributed by atoms with Crippen LogP contribution in [0.3, 0.4) is 0 Å². The summed E-state index contributed by atoms with van der Waals surface area (Å²) in [7, 11) is 0. The van der Waals surface area contributed by atoms with Crippen LogP contribution in [0.15, 0.2) is 18.2 Å². The van der Waals surface area contributed by atoms with E-state index in [0.717, 1.165) is 0 Å². The Labute approximate surface area is 122 Å². The van der Waals surface area contributed by atoms with Crippen LogP contribution in [0, 0.1) is 11.8 Å². The molecular formula is C14H18ClNO4. The van der Waals surface area contributed by atoms with Gasteiger partial charge in [0.1, 0.15) is 5.75 Å². The molecule has 5 nitrogen and oxygen atoms in total. The summed E-state index contributed by atoms with van der Waals surface area (Å²) in [6, 6.07) is 4.08. The van der Waals surface area contributed by atoms with Crippen molar-refractivity contribution < 1.29 is 19.8 Å². The van der Waals surface area contributed by atoms with Crippen molar-refractivity contribution in [2.45, 2.75) is 20.3 Å². The van der Waals surface area contributed by atoms with Crippen LogP contribution in [0.4, 0.5) is 0 Å². The molecule has 6 heteroatoms. The van der Waals surface area contributed by atoms with Crippen LogP contribution in [-0.2, 0) is 4.79 Å². The summed E-state index contributed by atoms with van der Waals surface area (Å²) in [5.41, 5.74) is 0.279. The molecule has 1 aromatic rings. The van der Waals surface area contributed by atoms with Crippen molar-refractivity contribution in [1.82, 2.24) is 5.32 Å². The van der Waals surface area contributed by atoms with E-state index in [0.29, 0.717) is 6.42 Å². The van der Waals surface area contributed by atoms with Crippen molar-refractivity contribution in [1.29, 1.82) is 0 Å². The van der Waals surface area contributed by atoms with E-state index in [4.69, 9.17) is 16.7 Å². The number of amides is 1. The smallest absolute Gasteiger partial charge is 0.308 e. The van der Waals surface area contributed by atoms with Crippen molar-refractivity contribution in [3.63, 3.8) is 0 Å². The molecule has 0 aromatic heterocycles. The zero-order valence-corrected chi connectivity index (χ0v) is 12.1. The van der Waals surface area contributed by atoms with Gasteiger partial charge in [0.25, 0.3) is 5.91 Å². The molecule has 0 saturated carbocycles. The lowest BCUT2D eigenvalue weighted by molar-refractivity contribution is -0.142. The second-order valence-electron chi connectivity index (χ2n) is 5.04. The summed E-state index contributed by atoms with van der Waals surface area (Å²) in [5.74, 6) is -1.83. The van der Waals surface area contributed by atoms with E-state index in [-0.39, 0.29) is 28.8 Å². The summed E-state index contributed by atoms with van der Waals surface area (Å²) >= 11 is 5.72. The maximum absolute atomic E-state index is 11.9. The average molecular weight is 300 g/mol. The van der Waals surface area contributed by atoms with Crippen molar-refractivity contribution in [2.75, 3.05) is 6.54 Å². The number of halogens is 1. The molecule has 1 atom stereocenters. The highest BCUT2D eigenvalue weighted by molar-refractivity contribution is 6.32. The lowest BCUT2D eigenvalue weighted by Crippen LogP contribution is -2.33. The highest BCUT2D eigenvalue weighted by Gasteiger charge is 2.20. The molecule has 0 fully saturated rings. The second kappa shape index (κ2) is 7.14. The normalized spacial score (nSPS) is 12.2. The molecule has 20 heavy (non-hydrogen) atoms. The Balaban J connectivity index is 2.65. The predicted molar refractivity (Wildman–Crippen MR) is 76.0 cm³/mol. The number of phenols is 1. The van der Waals surface area contributed by atoms with E-state index < -0.39 is 17.8 Å². The third-order valence-electron chi connectivity index (χ3n) is 2.82. The SMILES string of the molecule is CC(C)CC(CNC(=O)c1ccc(O)c(Cl)c1)C(=O)O. The Kier molecular flexibility index (Phi) is 5.82. The van der Waals surface area contributed by atoms with Crippen LogP contribution in [-0.4, -0.2) is 28.6 Å². The van der Waals surface area contributed by atoms with Crippen molar-refractivity contribution in [2.24, 2.45) is 11.8 Å². The molecule has 0 bridgehead atoms. The largest absolute Gasteiger partial charge is 0.506 e. The standard InChI is InChI=1S/C14H18ClNO4/c1-8(2)5-10(14(19)20)7-16-13(18)9-3-4-12(17)11(15)6-9/h3-4,6,8,10,17H,5,7H2,1-2H3,(H,16,18)(H,19,20). The molecular weight excluding hydrogens is 282 g/mol. The number of hydrogen-bond donors (Lipinski definition) is 3. The minimum Gasteiger partial charge on any atom is -0.506 e. The minimum absolute atomic E-state index is 0.0604. The van der Waals surface area contributed by atoms with Crippen molar-refractivity contribution in [3.8, 4) is 5.75 Å². The molecule has 1 unspecified atom stereocenters. The number of carboxylic acid groups (broad SMARTS) is 1. The highest BCUT2D eigenvalue weighted by atomic mass is 35.5. The van der Waals surface area contributed by atoms with Crippen LogP contribution in [0.25, 0.3) is 0 Å². The van der Waals surface area contributed by atoms with Crippen LogP contribution in [0.2, 0.25) is 5.02 Å². The van der Waals surface area contributed by atoms with E-state index >= 15 is 0 Å². The van der Waals surface area contributed by atoms with E-state index in [1.807, 2.05) is 13.8 Å². The van der Waals surface area contributed by atoms with Gasteiger partial charge >= 0.3 is 5.97 Å². The number of carbonyl (C=O) groups excluding carboxylic acids is 1. The molecule has 1 amide bonds. The van der Waals surface area contributed by atoms with E-state index in [1.165, 1.54) is 18.2 Å². The van der Waals surface area contributed by atoms with Gasteiger partial charge in [-0.2, -0.15) is 0 Å². The molecule has 0 aliphatic rings. The first-order valence-corrected chi connectivity index (χ1v) is 6.68. The first kappa shape index (κ1) is 16.3. The van der Waals surface area contributed by atoms with Gasteiger partial charge in [-0.25, -0.2) is 0 Å². The molecule has 3 N–H and O–H groups in total. The van der Waals surface area contributed by atoms with Gasteiger partial charge in [-0.3, -0.25) is 9.59 Å². The fourth-order valence-electron chi connectivity index (χ4n) is 1.81. The third-order valence-corrected chi connectivity index (χ3v) is 3.13. The summed E-state index contributed by atoms with van der Waals surface area (Å²) in [4.78, 5) is 23.0. The number of nitrogens with one attached hydrogen (secondary N) is 1. The Hall–Kier alpha value is -1.75. The van der Waals surface area contributed by atoms with Crippen LogP contribution < -0.4 is 5.32 Å². The van der Waals surface area contributed by atoms with Gasteiger partial charge in [-0.15, -0.1) is 0 Å². The lowest BCUT2D eigenvalue weighted by atomic mass is 9.97. The highest BCUT2D eigenvalue weighted by Crippen LogP contribution is 2.23. The minimum atomic E-state index is -0.928. The molecule has 0 heterocycles. The van der Waals surface area contributed by atoms with Gasteiger partial charge in [-0.05, 0) is 30.5 Å². The number of aliphatic carboxylic acids is 1. The number of aromatic hydroxyl groups is 1. The molecule has 0 saturated heterocycles. The van der Waals surface area contributed by atoms with Crippen molar-refractivity contribution >= 4 is 23.5 Å². The molecule has 0 aliphatic heterocycles. The summed E-state index contributed by atoms with van der Waals surface area (Å²) in [6.07, 6.45) is 0.492. The number of hydrogen-bond acceptors (Lipinski definition) is 3. The first-order chi connectivity index (χ1) is 9.31. The van der Waals surface area contributed by atoms with Gasteiger partial charge in [0.2, 0.25) is 0 Å². The summed E-state index contributed by atoms with van der Waals surface area (Å²) in [5, 5.41) is 21.0. The first-order valence-electron chi connectivity index (χ1n) is 6.30. The van der Waals surface area contributed by atoms with E-state index in [9.17, 15) is 14.7 Å². The van der Waals surface area contributed by atoms with Gasteiger partial charge in [0.15, 0.2) is 0 Å². The van der Waals surface area contributed by atoms with Crippen LogP contribution >= 0.6 is 11.6 Å². The molecule has 1 rings (SSSR count). The maximum atomic E-state index is 11.9. The number of benzene rings is 1. The monoisotopic (exact) mass is 299 g/mol. The summed E-state index contributed by atoms with van der Waals surface area (Å²) in [6.45, 7) is 3.92. The maximum Gasteiger partial charge on any atom is 0.308 e. The zero-order valence-electron chi connectivity index (χ0n) is 11.4.